The van der Waals surface area contributed by atoms with Gasteiger partial charge in [-0.2, -0.15) is 0 Å². The Hall–Kier alpha value is -0.820. The molecule has 0 saturated heterocycles. The normalized spacial score (nSPS) is 42.2. The lowest BCUT2D eigenvalue weighted by molar-refractivity contribution is -0.0835. The van der Waals surface area contributed by atoms with Crippen LogP contribution in [-0.4, -0.2) is 13.1 Å². The van der Waals surface area contributed by atoms with Crippen molar-refractivity contribution in [1.82, 2.24) is 5.32 Å². The third-order valence-corrected chi connectivity index (χ3v) is 6.82. The van der Waals surface area contributed by atoms with Crippen LogP contribution in [-0.2, 0) is 0 Å². The molecule has 4 bridgehead atoms. The van der Waals surface area contributed by atoms with E-state index in [1.165, 1.54) is 38.5 Å². The van der Waals surface area contributed by atoms with Crippen molar-refractivity contribution in [3.05, 3.63) is 35.9 Å². The van der Waals surface area contributed by atoms with Gasteiger partial charge >= 0.3 is 0 Å². The smallest absolute Gasteiger partial charge is 0.00412 e. The van der Waals surface area contributed by atoms with Crippen LogP contribution in [0.5, 0.6) is 0 Å². The molecule has 1 heteroatoms. The van der Waals surface area contributed by atoms with E-state index >= 15 is 0 Å². The lowest BCUT2D eigenvalue weighted by atomic mass is 9.43. The Morgan fingerprint density at radius 3 is 2.38 bits per heavy atom. The Morgan fingerprint density at radius 2 is 1.76 bits per heavy atom. The van der Waals surface area contributed by atoms with E-state index in [0.717, 1.165) is 23.7 Å². The topological polar surface area (TPSA) is 12.0 Å². The van der Waals surface area contributed by atoms with E-state index in [4.69, 9.17) is 0 Å². The average molecular weight is 283 g/mol. The summed E-state index contributed by atoms with van der Waals surface area (Å²) in [5.74, 6) is 3.85. The van der Waals surface area contributed by atoms with Crippen LogP contribution >= 0.6 is 0 Å². The molecule has 6 atom stereocenters. The highest BCUT2D eigenvalue weighted by Gasteiger charge is 2.57. The molecule has 4 aliphatic rings. The molecule has 5 rings (SSSR count). The van der Waals surface area contributed by atoms with Crippen molar-refractivity contribution in [1.29, 1.82) is 0 Å². The Labute approximate surface area is 129 Å². The Balaban J connectivity index is 1.72. The fourth-order valence-electron chi connectivity index (χ4n) is 6.50. The summed E-state index contributed by atoms with van der Waals surface area (Å²) < 4.78 is 0. The summed E-state index contributed by atoms with van der Waals surface area (Å²) in [5, 5.41) is 3.51. The standard InChI is InChI=1S/C20H29N/c1-14(21-2)11-20-12-15-8-16(13-20)10-18(9-15)19(20)17-6-4-3-5-7-17/h3-7,14-16,18-19,21H,8-13H2,1-2H3/t14-,15-,16+,18?,19+,20?/m0/s1. The maximum Gasteiger partial charge on any atom is 0.00412 e. The van der Waals surface area contributed by atoms with Crippen molar-refractivity contribution < 1.29 is 0 Å². The number of hydrogen-bond acceptors (Lipinski definition) is 1. The molecule has 1 N–H and O–H groups in total. The minimum Gasteiger partial charge on any atom is -0.317 e. The van der Waals surface area contributed by atoms with E-state index in [1.54, 1.807) is 5.56 Å². The number of nitrogens with one attached hydrogen (secondary N) is 1. The average Bonchev–Trinajstić information content (AvgIpc) is 2.46. The highest BCUT2D eigenvalue weighted by molar-refractivity contribution is 5.27. The second kappa shape index (κ2) is 5.12. The maximum absolute atomic E-state index is 3.51. The van der Waals surface area contributed by atoms with Crippen LogP contribution < -0.4 is 5.32 Å². The highest BCUT2D eigenvalue weighted by atomic mass is 14.9. The van der Waals surface area contributed by atoms with Gasteiger partial charge in [-0.15, -0.1) is 0 Å². The zero-order chi connectivity index (χ0) is 14.4. The monoisotopic (exact) mass is 283 g/mol. The van der Waals surface area contributed by atoms with Gasteiger partial charge in [0.25, 0.3) is 0 Å². The van der Waals surface area contributed by atoms with E-state index in [-0.39, 0.29) is 0 Å². The van der Waals surface area contributed by atoms with E-state index < -0.39 is 0 Å². The van der Waals surface area contributed by atoms with Crippen molar-refractivity contribution in [3.63, 3.8) is 0 Å². The second-order valence-corrected chi connectivity index (χ2v) is 8.25. The van der Waals surface area contributed by atoms with Crippen LogP contribution in [0.1, 0.15) is 56.9 Å². The highest BCUT2D eigenvalue weighted by Crippen LogP contribution is 2.67. The molecule has 4 fully saturated rings. The molecule has 1 nitrogen and oxygen atoms in total. The van der Waals surface area contributed by atoms with Gasteiger partial charge in [-0.05, 0) is 87.1 Å². The van der Waals surface area contributed by atoms with Gasteiger partial charge < -0.3 is 5.32 Å². The van der Waals surface area contributed by atoms with E-state index in [1.807, 2.05) is 0 Å². The summed E-state index contributed by atoms with van der Waals surface area (Å²) in [6.07, 6.45) is 8.90. The summed E-state index contributed by atoms with van der Waals surface area (Å²) in [6, 6.07) is 12.1. The van der Waals surface area contributed by atoms with Crippen molar-refractivity contribution in [2.75, 3.05) is 7.05 Å². The van der Waals surface area contributed by atoms with Gasteiger partial charge in [-0.25, -0.2) is 0 Å². The van der Waals surface area contributed by atoms with Gasteiger partial charge in [-0.3, -0.25) is 0 Å². The van der Waals surface area contributed by atoms with Gasteiger partial charge in [0.1, 0.15) is 0 Å². The van der Waals surface area contributed by atoms with Crippen LogP contribution in [0.2, 0.25) is 0 Å². The molecule has 21 heavy (non-hydrogen) atoms. The van der Waals surface area contributed by atoms with Gasteiger partial charge in [0.05, 0.1) is 0 Å². The van der Waals surface area contributed by atoms with Crippen LogP contribution in [0.4, 0.5) is 0 Å². The first-order chi connectivity index (χ1) is 10.2. The molecule has 4 aliphatic carbocycles. The summed E-state index contributed by atoms with van der Waals surface area (Å²) in [6.45, 7) is 2.38. The molecular formula is C20H29N. The van der Waals surface area contributed by atoms with Gasteiger partial charge in [0.2, 0.25) is 0 Å². The van der Waals surface area contributed by atoms with E-state index in [2.05, 4.69) is 49.6 Å². The molecule has 114 valence electrons. The van der Waals surface area contributed by atoms with Crippen LogP contribution in [0, 0.1) is 23.2 Å². The lowest BCUT2D eigenvalue weighted by Crippen LogP contribution is -2.53. The minimum absolute atomic E-state index is 0.582. The molecule has 2 unspecified atom stereocenters. The van der Waals surface area contributed by atoms with Crippen molar-refractivity contribution >= 4 is 0 Å². The molecule has 0 heterocycles. The zero-order valence-corrected chi connectivity index (χ0v) is 13.5. The molecule has 0 spiro atoms. The molecular weight excluding hydrogens is 254 g/mol. The first-order valence-electron chi connectivity index (χ1n) is 8.92. The second-order valence-electron chi connectivity index (χ2n) is 8.25. The largest absolute Gasteiger partial charge is 0.317 e. The van der Waals surface area contributed by atoms with Crippen LogP contribution in [0.25, 0.3) is 0 Å². The van der Waals surface area contributed by atoms with Crippen molar-refractivity contribution in [3.8, 4) is 0 Å². The number of benzene rings is 1. The van der Waals surface area contributed by atoms with E-state index in [9.17, 15) is 0 Å². The molecule has 0 radical (unpaired) electrons. The Kier molecular flexibility index (Phi) is 3.37. The predicted molar refractivity (Wildman–Crippen MR) is 88.3 cm³/mol. The number of rotatable bonds is 4. The van der Waals surface area contributed by atoms with Gasteiger partial charge in [0.15, 0.2) is 0 Å². The van der Waals surface area contributed by atoms with Gasteiger partial charge in [-0.1, -0.05) is 30.3 Å². The van der Waals surface area contributed by atoms with Crippen molar-refractivity contribution in [2.24, 2.45) is 23.2 Å². The molecule has 0 aromatic heterocycles. The summed E-state index contributed by atoms with van der Waals surface area (Å²) in [4.78, 5) is 0. The first-order valence-corrected chi connectivity index (χ1v) is 8.92. The third kappa shape index (κ3) is 2.25. The fraction of sp³-hybridized carbons (Fsp3) is 0.700. The summed E-state index contributed by atoms with van der Waals surface area (Å²) in [7, 11) is 2.13. The first kappa shape index (κ1) is 13.8. The Morgan fingerprint density at radius 1 is 1.10 bits per heavy atom. The molecule has 4 saturated carbocycles. The molecule has 1 aromatic carbocycles. The van der Waals surface area contributed by atoms with Crippen molar-refractivity contribution in [2.45, 2.75) is 57.4 Å². The fourth-order valence-corrected chi connectivity index (χ4v) is 6.50. The zero-order valence-electron chi connectivity index (χ0n) is 13.5. The predicted octanol–water partition coefficient (Wildman–Crippen LogP) is 4.59. The molecule has 0 aliphatic heterocycles. The molecule has 0 amide bonds. The third-order valence-electron chi connectivity index (χ3n) is 6.82. The quantitative estimate of drug-likeness (QED) is 0.852. The maximum atomic E-state index is 3.51. The minimum atomic E-state index is 0.582. The van der Waals surface area contributed by atoms with Crippen LogP contribution in [0.15, 0.2) is 30.3 Å². The molecule has 1 aromatic rings. The van der Waals surface area contributed by atoms with Crippen LogP contribution in [0.3, 0.4) is 0 Å². The lowest BCUT2D eigenvalue weighted by Gasteiger charge is -2.62. The SMILES string of the molecule is CN[C@@H](C)CC12C[C@@H]3CC(C[C@@H](C3)C1)[C@H]2c1ccccc1. The summed E-state index contributed by atoms with van der Waals surface area (Å²) >= 11 is 0. The number of hydrogen-bond donors (Lipinski definition) is 1. The summed E-state index contributed by atoms with van der Waals surface area (Å²) in [5.41, 5.74) is 2.21. The van der Waals surface area contributed by atoms with Gasteiger partial charge in [0, 0.05) is 6.04 Å². The van der Waals surface area contributed by atoms with E-state index in [0.29, 0.717) is 11.5 Å². The Bertz CT molecular complexity index is 480.